The molecule has 168 valence electrons. The predicted molar refractivity (Wildman–Crippen MR) is 129 cm³/mol. The van der Waals surface area contributed by atoms with Crippen LogP contribution in [-0.4, -0.2) is 25.7 Å². The van der Waals surface area contributed by atoms with Gasteiger partial charge in [0.05, 0.1) is 6.61 Å². The molecule has 0 saturated heterocycles. The van der Waals surface area contributed by atoms with Crippen LogP contribution in [0.4, 0.5) is 0 Å². The van der Waals surface area contributed by atoms with E-state index in [0.29, 0.717) is 23.7 Å². The lowest BCUT2D eigenvalue weighted by Crippen LogP contribution is -2.07. The number of carbonyl (C=O) groups excluding carboxylic acids is 2. The van der Waals surface area contributed by atoms with Gasteiger partial charge in [-0.25, -0.2) is 9.59 Å². The number of carbonyl (C=O) groups is 2. The Bertz CT molecular complexity index is 1120. The molecule has 5 heteroatoms. The Hall–Kier alpha value is -3.96. The van der Waals surface area contributed by atoms with Crippen LogP contribution in [0, 0.1) is 0 Å². The van der Waals surface area contributed by atoms with Crippen LogP contribution in [-0.2, 0) is 20.7 Å². The molecule has 0 atom stereocenters. The molecule has 0 aliphatic carbocycles. The minimum absolute atomic E-state index is 0.349. The predicted octanol–water partition coefficient (Wildman–Crippen LogP) is 5.64. The van der Waals surface area contributed by atoms with E-state index in [4.69, 9.17) is 14.2 Å². The van der Waals surface area contributed by atoms with Crippen molar-refractivity contribution < 1.29 is 23.8 Å². The van der Waals surface area contributed by atoms with Gasteiger partial charge in [-0.2, -0.15) is 0 Å². The van der Waals surface area contributed by atoms with E-state index in [9.17, 15) is 9.59 Å². The molecule has 0 aromatic heterocycles. The van der Waals surface area contributed by atoms with Crippen LogP contribution in [0.1, 0.15) is 18.1 Å². The van der Waals surface area contributed by atoms with E-state index in [2.05, 4.69) is 6.58 Å². The van der Waals surface area contributed by atoms with Crippen LogP contribution in [0.25, 0.3) is 17.2 Å². The molecular formula is C28H26O5. The highest BCUT2D eigenvalue weighted by Gasteiger charge is 2.06. The van der Waals surface area contributed by atoms with Crippen molar-refractivity contribution in [3.63, 3.8) is 0 Å². The summed E-state index contributed by atoms with van der Waals surface area (Å²) < 4.78 is 15.6. The Kier molecular flexibility index (Phi) is 8.33. The van der Waals surface area contributed by atoms with Gasteiger partial charge in [-0.3, -0.25) is 0 Å². The number of benzene rings is 3. The van der Waals surface area contributed by atoms with Crippen LogP contribution < -0.4 is 9.47 Å². The molecule has 0 fully saturated rings. The third-order valence-corrected chi connectivity index (χ3v) is 4.81. The van der Waals surface area contributed by atoms with Crippen molar-refractivity contribution in [3.05, 3.63) is 102 Å². The minimum Gasteiger partial charge on any atom is -0.423 e. The maximum Gasteiger partial charge on any atom is 0.338 e. The zero-order chi connectivity index (χ0) is 23.6. The number of methoxy groups -OCH3 is 1. The van der Waals surface area contributed by atoms with Crippen molar-refractivity contribution in [2.45, 2.75) is 13.3 Å². The quantitative estimate of drug-likeness (QED) is 0.244. The highest BCUT2D eigenvalue weighted by atomic mass is 16.5. The second-order valence-corrected chi connectivity index (χ2v) is 7.46. The lowest BCUT2D eigenvalue weighted by atomic mass is 10.0. The molecule has 5 nitrogen and oxygen atoms in total. The van der Waals surface area contributed by atoms with E-state index in [1.54, 1.807) is 44.4 Å². The normalized spacial score (nSPS) is 10.7. The Labute approximate surface area is 193 Å². The molecule has 3 rings (SSSR count). The first kappa shape index (κ1) is 23.7. The van der Waals surface area contributed by atoms with E-state index >= 15 is 0 Å². The lowest BCUT2D eigenvalue weighted by Gasteiger charge is -2.06. The molecule has 0 amide bonds. The van der Waals surface area contributed by atoms with Gasteiger partial charge in [0, 0.05) is 18.8 Å². The first-order valence-electron chi connectivity index (χ1n) is 10.5. The Morgan fingerprint density at radius 3 is 1.94 bits per heavy atom. The van der Waals surface area contributed by atoms with Gasteiger partial charge in [0.25, 0.3) is 0 Å². The van der Waals surface area contributed by atoms with Crippen molar-refractivity contribution in [1.82, 2.24) is 0 Å². The maximum absolute atomic E-state index is 12.1. The van der Waals surface area contributed by atoms with Crippen molar-refractivity contribution in [3.8, 4) is 22.6 Å². The third kappa shape index (κ3) is 7.30. The van der Waals surface area contributed by atoms with E-state index in [1.807, 2.05) is 48.5 Å². The summed E-state index contributed by atoms with van der Waals surface area (Å²) in [5.74, 6) is 0.0769. The van der Waals surface area contributed by atoms with Gasteiger partial charge in [-0.15, -0.1) is 0 Å². The Morgan fingerprint density at radius 1 is 0.818 bits per heavy atom. The van der Waals surface area contributed by atoms with Crippen molar-refractivity contribution >= 4 is 18.0 Å². The van der Waals surface area contributed by atoms with Crippen LogP contribution in [0.3, 0.4) is 0 Å². The molecule has 0 radical (unpaired) electrons. The largest absolute Gasteiger partial charge is 0.423 e. The fourth-order valence-corrected chi connectivity index (χ4v) is 2.95. The fraction of sp³-hybridized carbons (Fsp3) is 0.143. The van der Waals surface area contributed by atoms with Gasteiger partial charge in [0.2, 0.25) is 0 Å². The standard InChI is InChI=1S/C28H26O5/c1-20(2)28(30)33-26-15-11-24(12-16-26)23-9-4-21(5-10-23)8-17-27(29)32-25-13-6-22(7-14-25)18-19-31-3/h4-17H,1,18-19H2,2-3H3/b17-8-. The summed E-state index contributed by atoms with van der Waals surface area (Å²) in [6.45, 7) is 5.83. The number of rotatable bonds is 9. The molecule has 3 aromatic carbocycles. The van der Waals surface area contributed by atoms with Crippen molar-refractivity contribution in [2.24, 2.45) is 0 Å². The molecule has 0 unspecified atom stereocenters. The number of hydrogen-bond acceptors (Lipinski definition) is 5. The Balaban J connectivity index is 1.55. The highest BCUT2D eigenvalue weighted by Crippen LogP contribution is 2.23. The summed E-state index contributed by atoms with van der Waals surface area (Å²) in [6.07, 6.45) is 3.92. The highest BCUT2D eigenvalue weighted by molar-refractivity contribution is 5.89. The van der Waals surface area contributed by atoms with Crippen LogP contribution >= 0.6 is 0 Å². The summed E-state index contributed by atoms with van der Waals surface area (Å²) in [5.41, 5.74) is 4.32. The van der Waals surface area contributed by atoms with E-state index in [0.717, 1.165) is 28.7 Å². The first-order valence-corrected chi connectivity index (χ1v) is 10.5. The molecular weight excluding hydrogens is 416 g/mol. The van der Waals surface area contributed by atoms with Gasteiger partial charge in [0.1, 0.15) is 11.5 Å². The van der Waals surface area contributed by atoms with Crippen LogP contribution in [0.15, 0.2) is 91.0 Å². The second kappa shape index (κ2) is 11.6. The van der Waals surface area contributed by atoms with E-state index in [-0.39, 0.29) is 0 Å². The van der Waals surface area contributed by atoms with Crippen LogP contribution in [0.2, 0.25) is 0 Å². The topological polar surface area (TPSA) is 61.8 Å². The third-order valence-electron chi connectivity index (χ3n) is 4.81. The van der Waals surface area contributed by atoms with Gasteiger partial charge in [-0.1, -0.05) is 55.1 Å². The number of esters is 2. The maximum atomic E-state index is 12.1. The fourth-order valence-electron chi connectivity index (χ4n) is 2.95. The average Bonchev–Trinajstić information content (AvgIpc) is 2.83. The lowest BCUT2D eigenvalue weighted by molar-refractivity contribution is -0.130. The molecule has 33 heavy (non-hydrogen) atoms. The second-order valence-electron chi connectivity index (χ2n) is 7.46. The SMILES string of the molecule is C=C(C)C(=O)Oc1ccc(-c2ccc(/C=C\C(=O)Oc3ccc(CCOC)cc3)cc2)cc1. The molecule has 0 spiro atoms. The minimum atomic E-state index is -0.448. The zero-order valence-corrected chi connectivity index (χ0v) is 18.7. The molecule has 0 aliphatic heterocycles. The average molecular weight is 443 g/mol. The summed E-state index contributed by atoms with van der Waals surface area (Å²) in [5, 5.41) is 0. The molecule has 0 bridgehead atoms. The summed E-state index contributed by atoms with van der Waals surface area (Å²) >= 11 is 0. The van der Waals surface area contributed by atoms with Crippen molar-refractivity contribution in [1.29, 1.82) is 0 Å². The molecule has 0 N–H and O–H groups in total. The van der Waals surface area contributed by atoms with Gasteiger partial charge in [0.15, 0.2) is 0 Å². The summed E-state index contributed by atoms with van der Waals surface area (Å²) in [4.78, 5) is 23.7. The van der Waals surface area contributed by atoms with E-state index in [1.165, 1.54) is 6.08 Å². The van der Waals surface area contributed by atoms with E-state index < -0.39 is 11.9 Å². The molecule has 0 saturated carbocycles. The number of ether oxygens (including phenoxy) is 3. The van der Waals surface area contributed by atoms with Gasteiger partial charge in [-0.05, 0) is 65.9 Å². The summed E-state index contributed by atoms with van der Waals surface area (Å²) in [6, 6.07) is 22.4. The smallest absolute Gasteiger partial charge is 0.338 e. The van der Waals surface area contributed by atoms with Crippen molar-refractivity contribution in [2.75, 3.05) is 13.7 Å². The first-order chi connectivity index (χ1) is 15.9. The Morgan fingerprint density at radius 2 is 1.36 bits per heavy atom. The number of hydrogen-bond donors (Lipinski definition) is 0. The van der Waals surface area contributed by atoms with Crippen LogP contribution in [0.5, 0.6) is 11.5 Å². The van der Waals surface area contributed by atoms with Gasteiger partial charge < -0.3 is 14.2 Å². The molecule has 0 heterocycles. The molecule has 0 aliphatic rings. The van der Waals surface area contributed by atoms with Gasteiger partial charge >= 0.3 is 11.9 Å². The monoisotopic (exact) mass is 442 g/mol. The molecule has 3 aromatic rings. The zero-order valence-electron chi connectivity index (χ0n) is 18.7. The summed E-state index contributed by atoms with van der Waals surface area (Å²) in [7, 11) is 1.67.